The normalized spacial score (nSPS) is 39.4. The Labute approximate surface area is 122 Å². The molecule has 2 saturated heterocycles. The van der Waals surface area contributed by atoms with Crippen molar-refractivity contribution in [2.45, 2.75) is 69.5 Å². The molecular weight excluding hydrogens is 250 g/mol. The third-order valence-electron chi connectivity index (χ3n) is 4.67. The summed E-state index contributed by atoms with van der Waals surface area (Å²) in [6.07, 6.45) is 7.87. The third-order valence-corrected chi connectivity index (χ3v) is 4.67. The average Bonchev–Trinajstić information content (AvgIpc) is 2.85. The summed E-state index contributed by atoms with van der Waals surface area (Å²) in [6.45, 7) is 19.0. The van der Waals surface area contributed by atoms with Crippen LogP contribution < -0.4 is 0 Å². The summed E-state index contributed by atoms with van der Waals surface area (Å²) in [5.41, 5.74) is -0.368. The van der Waals surface area contributed by atoms with E-state index in [4.69, 9.17) is 16.0 Å². The summed E-state index contributed by atoms with van der Waals surface area (Å²) in [7, 11) is 0. The lowest BCUT2D eigenvalue weighted by Crippen LogP contribution is -2.47. The van der Waals surface area contributed by atoms with Crippen LogP contribution in [0.5, 0.6) is 0 Å². The van der Waals surface area contributed by atoms with Crippen molar-refractivity contribution in [3.05, 3.63) is 36.7 Å². The Balaban J connectivity index is 2.08. The van der Waals surface area contributed by atoms with E-state index >= 15 is 0 Å². The van der Waals surface area contributed by atoms with Crippen LogP contribution in [0.1, 0.15) is 39.5 Å². The molecule has 3 heteroatoms. The molecule has 0 spiro atoms. The summed E-state index contributed by atoms with van der Waals surface area (Å²) in [6, 6.07) is 0.0173. The second-order valence-electron chi connectivity index (χ2n) is 6.15. The molecule has 0 amide bonds. The van der Waals surface area contributed by atoms with E-state index in [9.17, 15) is 0 Å². The molecule has 2 heterocycles. The van der Waals surface area contributed by atoms with E-state index in [2.05, 4.69) is 24.9 Å². The van der Waals surface area contributed by atoms with Crippen molar-refractivity contribution in [2.24, 2.45) is 5.92 Å². The van der Waals surface area contributed by atoms with Crippen LogP contribution in [0.4, 0.5) is 0 Å². The van der Waals surface area contributed by atoms with Gasteiger partial charge in [-0.1, -0.05) is 19.1 Å². The first-order valence-corrected chi connectivity index (χ1v) is 7.50. The van der Waals surface area contributed by atoms with Gasteiger partial charge >= 0.3 is 0 Å². The predicted octanol–water partition coefficient (Wildman–Crippen LogP) is 3.77. The quantitative estimate of drug-likeness (QED) is 0.563. The highest BCUT2D eigenvalue weighted by Crippen LogP contribution is 2.45. The summed E-state index contributed by atoms with van der Waals surface area (Å²) >= 11 is 0. The molecule has 2 aliphatic rings. The van der Waals surface area contributed by atoms with Crippen LogP contribution in [0.3, 0.4) is 0 Å². The molecule has 6 atom stereocenters. The molecule has 0 N–H and O–H groups in total. The van der Waals surface area contributed by atoms with Crippen LogP contribution in [0, 0.1) is 12.5 Å². The molecule has 0 bridgehead atoms. The van der Waals surface area contributed by atoms with Crippen LogP contribution in [0.15, 0.2) is 25.3 Å². The zero-order valence-electron chi connectivity index (χ0n) is 12.5. The van der Waals surface area contributed by atoms with E-state index in [1.807, 2.05) is 19.1 Å². The van der Waals surface area contributed by atoms with Gasteiger partial charge in [0.05, 0.1) is 18.3 Å². The van der Waals surface area contributed by atoms with Crippen LogP contribution in [-0.4, -0.2) is 30.0 Å². The molecule has 3 nitrogen and oxygen atoms in total. The molecule has 2 aliphatic heterocycles. The molecule has 1 unspecified atom stereocenters. The number of ether oxygens (including phenoxy) is 2. The zero-order chi connectivity index (χ0) is 14.8. The van der Waals surface area contributed by atoms with Gasteiger partial charge in [0.2, 0.25) is 6.04 Å². The Kier molecular flexibility index (Phi) is 4.67. The highest BCUT2D eigenvalue weighted by Gasteiger charge is 2.52. The maximum absolute atomic E-state index is 7.09. The second kappa shape index (κ2) is 6.11. The largest absolute Gasteiger partial charge is 0.371 e. The fraction of sp³-hybridized carbons (Fsp3) is 0.706. The molecule has 0 aromatic rings. The number of hydrogen-bond acceptors (Lipinski definition) is 2. The molecule has 110 valence electrons. The molecule has 0 radical (unpaired) electrons. The topological polar surface area (TPSA) is 22.8 Å². The van der Waals surface area contributed by atoms with Crippen LogP contribution in [-0.2, 0) is 9.47 Å². The van der Waals surface area contributed by atoms with Crippen molar-refractivity contribution in [3.63, 3.8) is 0 Å². The lowest BCUT2D eigenvalue weighted by molar-refractivity contribution is -0.143. The average molecular weight is 275 g/mol. The number of hydrogen-bond donors (Lipinski definition) is 0. The van der Waals surface area contributed by atoms with Crippen molar-refractivity contribution < 1.29 is 9.47 Å². The summed E-state index contributed by atoms with van der Waals surface area (Å²) in [5.74, 6) is 0.321. The van der Waals surface area contributed by atoms with E-state index in [1.54, 1.807) is 0 Å². The number of fused-ring (bicyclic) bond motifs is 1. The van der Waals surface area contributed by atoms with E-state index < -0.39 is 0 Å². The van der Waals surface area contributed by atoms with Gasteiger partial charge in [-0.15, -0.1) is 13.2 Å². The van der Waals surface area contributed by atoms with Gasteiger partial charge in [-0.2, -0.15) is 0 Å². The Morgan fingerprint density at radius 1 is 1.40 bits per heavy atom. The van der Waals surface area contributed by atoms with Crippen molar-refractivity contribution in [2.75, 3.05) is 0 Å². The minimum Gasteiger partial charge on any atom is -0.371 e. The van der Waals surface area contributed by atoms with Crippen LogP contribution in [0.25, 0.3) is 4.85 Å². The first-order valence-electron chi connectivity index (χ1n) is 7.50. The maximum atomic E-state index is 7.09. The fourth-order valence-corrected chi connectivity index (χ4v) is 3.29. The first-order chi connectivity index (χ1) is 9.54. The third kappa shape index (κ3) is 2.82. The van der Waals surface area contributed by atoms with Gasteiger partial charge in [-0.25, -0.2) is 6.57 Å². The zero-order valence-corrected chi connectivity index (χ0v) is 12.5. The SMILES string of the molecule is [C-]#[N+][C@H](C)CC1CC[C@@H]2O[C@@H]([C@H](C)C=C)C[C@]2(C=C)O1. The minimum atomic E-state index is -0.368. The Morgan fingerprint density at radius 2 is 2.15 bits per heavy atom. The molecule has 0 aliphatic carbocycles. The highest BCUT2D eigenvalue weighted by atomic mass is 16.6. The Morgan fingerprint density at radius 3 is 2.75 bits per heavy atom. The molecule has 20 heavy (non-hydrogen) atoms. The summed E-state index contributed by atoms with van der Waals surface area (Å²) in [5, 5.41) is 0. The standard InChI is InChI=1S/C17H25NO2/c1-6-12(3)15-11-17(7-2)16(19-15)9-8-14(20-17)10-13(4)18-5/h6-7,12-16H,1-2,8-11H2,3-4H3/t12-,13-,14?,15-,16+,17+/m1/s1. The fourth-order valence-electron chi connectivity index (χ4n) is 3.29. The van der Waals surface area contributed by atoms with Crippen molar-refractivity contribution >= 4 is 0 Å². The predicted molar refractivity (Wildman–Crippen MR) is 80.4 cm³/mol. The summed E-state index contributed by atoms with van der Waals surface area (Å²) in [4.78, 5) is 3.57. The van der Waals surface area contributed by atoms with Crippen LogP contribution in [0.2, 0.25) is 0 Å². The second-order valence-corrected chi connectivity index (χ2v) is 6.15. The van der Waals surface area contributed by atoms with Crippen molar-refractivity contribution in [1.29, 1.82) is 0 Å². The van der Waals surface area contributed by atoms with Gasteiger partial charge in [-0.05, 0) is 12.8 Å². The lowest BCUT2D eigenvalue weighted by atomic mass is 9.84. The van der Waals surface area contributed by atoms with Gasteiger partial charge < -0.3 is 14.3 Å². The van der Waals surface area contributed by atoms with Gasteiger partial charge in [0.15, 0.2) is 0 Å². The highest BCUT2D eigenvalue weighted by molar-refractivity contribution is 5.12. The molecule has 0 aromatic carbocycles. The minimum absolute atomic E-state index is 0.0173. The number of rotatable bonds is 5. The van der Waals surface area contributed by atoms with Gasteiger partial charge in [-0.3, -0.25) is 0 Å². The van der Waals surface area contributed by atoms with Gasteiger partial charge in [0.1, 0.15) is 5.60 Å². The first kappa shape index (κ1) is 15.3. The van der Waals surface area contributed by atoms with E-state index in [1.165, 1.54) is 0 Å². The lowest BCUT2D eigenvalue weighted by Gasteiger charge is -2.40. The van der Waals surface area contributed by atoms with Crippen molar-refractivity contribution in [3.8, 4) is 0 Å². The van der Waals surface area contributed by atoms with E-state index in [0.29, 0.717) is 5.92 Å². The Bertz CT molecular complexity index is 414. The van der Waals surface area contributed by atoms with Gasteiger partial charge in [0.25, 0.3) is 0 Å². The molecule has 2 rings (SSSR count). The summed E-state index contributed by atoms with van der Waals surface area (Å²) < 4.78 is 12.5. The monoisotopic (exact) mass is 275 g/mol. The Hall–Kier alpha value is -1.11. The van der Waals surface area contributed by atoms with Gasteiger partial charge in [0, 0.05) is 25.7 Å². The smallest absolute Gasteiger partial charge is 0.223 e. The molecular formula is C17H25NO2. The van der Waals surface area contributed by atoms with Crippen molar-refractivity contribution in [1.82, 2.24) is 0 Å². The molecule has 2 fully saturated rings. The maximum Gasteiger partial charge on any atom is 0.223 e. The van der Waals surface area contributed by atoms with E-state index in [0.717, 1.165) is 25.7 Å². The molecule has 0 saturated carbocycles. The molecule has 0 aromatic heterocycles. The number of nitrogens with zero attached hydrogens (tertiary/aromatic N) is 1. The van der Waals surface area contributed by atoms with Crippen LogP contribution >= 0.6 is 0 Å². The van der Waals surface area contributed by atoms with E-state index in [-0.39, 0.29) is 30.0 Å².